The van der Waals surface area contributed by atoms with Crippen molar-refractivity contribution in [2.75, 3.05) is 7.11 Å². The van der Waals surface area contributed by atoms with Gasteiger partial charge < -0.3 is 9.30 Å². The molecule has 0 saturated carbocycles. The summed E-state index contributed by atoms with van der Waals surface area (Å²) in [6.07, 6.45) is 3.93. The monoisotopic (exact) mass is 566 g/mol. The van der Waals surface area contributed by atoms with Gasteiger partial charge in [-0.2, -0.15) is 0 Å². The number of thiocarbonyl (C=S) groups is 1. The van der Waals surface area contributed by atoms with Crippen LogP contribution in [0.3, 0.4) is 0 Å². The van der Waals surface area contributed by atoms with Crippen molar-refractivity contribution in [1.29, 1.82) is 0 Å². The first kappa shape index (κ1) is 23.8. The minimum absolute atomic E-state index is 0.106. The molecule has 0 spiro atoms. The number of rotatable bonds is 6. The van der Waals surface area contributed by atoms with Gasteiger partial charge in [-0.25, -0.2) is 4.39 Å². The molecular formula is C27H20BrFN2O2S2. The van der Waals surface area contributed by atoms with Gasteiger partial charge in [-0.1, -0.05) is 64.2 Å². The summed E-state index contributed by atoms with van der Waals surface area (Å²) in [5, 5.41) is 1.02. The number of carbonyl (C=O) groups excluding carboxylic acids is 1. The van der Waals surface area contributed by atoms with Gasteiger partial charge in [-0.3, -0.25) is 9.69 Å². The van der Waals surface area contributed by atoms with E-state index in [2.05, 4.69) is 20.5 Å². The Hall–Kier alpha value is -2.94. The van der Waals surface area contributed by atoms with Crippen molar-refractivity contribution in [3.8, 4) is 5.75 Å². The van der Waals surface area contributed by atoms with Gasteiger partial charge in [0.15, 0.2) is 0 Å². The van der Waals surface area contributed by atoms with Crippen LogP contribution in [0, 0.1) is 5.82 Å². The van der Waals surface area contributed by atoms with Crippen molar-refractivity contribution in [2.24, 2.45) is 0 Å². The maximum atomic E-state index is 13.4. The van der Waals surface area contributed by atoms with Crippen LogP contribution in [0.2, 0.25) is 0 Å². The van der Waals surface area contributed by atoms with Crippen LogP contribution in [-0.4, -0.2) is 26.8 Å². The fraction of sp³-hybridized carbons (Fsp3) is 0.111. The second-order valence-electron chi connectivity index (χ2n) is 8.12. The Labute approximate surface area is 220 Å². The topological polar surface area (TPSA) is 34.5 Å². The van der Waals surface area contributed by atoms with Gasteiger partial charge in [0.25, 0.3) is 5.91 Å². The largest absolute Gasteiger partial charge is 0.497 e. The Balaban J connectivity index is 1.45. The molecule has 0 aliphatic carbocycles. The summed E-state index contributed by atoms with van der Waals surface area (Å²) in [4.78, 5) is 15.5. The van der Waals surface area contributed by atoms with Gasteiger partial charge in [-0.15, -0.1) is 0 Å². The number of thioether (sulfide) groups is 1. The second-order valence-corrected chi connectivity index (χ2v) is 10.7. The average Bonchev–Trinajstić information content (AvgIpc) is 3.32. The van der Waals surface area contributed by atoms with Crippen molar-refractivity contribution >= 4 is 67.1 Å². The van der Waals surface area contributed by atoms with E-state index >= 15 is 0 Å². The number of hydrogen-bond donors (Lipinski definition) is 0. The highest BCUT2D eigenvalue weighted by Crippen LogP contribution is 2.36. The van der Waals surface area contributed by atoms with Crippen molar-refractivity contribution in [3.05, 3.63) is 105 Å². The smallest absolute Gasteiger partial charge is 0.266 e. The molecule has 1 fully saturated rings. The number of carbonyl (C=O) groups is 1. The van der Waals surface area contributed by atoms with E-state index in [1.54, 1.807) is 24.1 Å². The Bertz CT molecular complexity index is 1460. The fourth-order valence-electron chi connectivity index (χ4n) is 4.02. The van der Waals surface area contributed by atoms with E-state index < -0.39 is 0 Å². The molecule has 1 aliphatic rings. The Morgan fingerprint density at radius 3 is 2.43 bits per heavy atom. The zero-order valence-electron chi connectivity index (χ0n) is 18.7. The van der Waals surface area contributed by atoms with Crippen LogP contribution in [0.4, 0.5) is 4.39 Å². The number of amides is 1. The summed E-state index contributed by atoms with van der Waals surface area (Å²) in [6, 6.07) is 20.2. The van der Waals surface area contributed by atoms with Gasteiger partial charge in [0.2, 0.25) is 0 Å². The van der Waals surface area contributed by atoms with Crippen LogP contribution in [0.1, 0.15) is 16.7 Å². The van der Waals surface area contributed by atoms with Crippen molar-refractivity contribution < 1.29 is 13.9 Å². The van der Waals surface area contributed by atoms with Crippen LogP contribution in [0.15, 0.2) is 82.3 Å². The number of halogens is 2. The molecular weight excluding hydrogens is 547 g/mol. The van der Waals surface area contributed by atoms with E-state index in [-0.39, 0.29) is 11.7 Å². The highest BCUT2D eigenvalue weighted by atomic mass is 79.9. The maximum absolute atomic E-state index is 13.4. The van der Waals surface area contributed by atoms with Crippen molar-refractivity contribution in [3.63, 3.8) is 0 Å². The van der Waals surface area contributed by atoms with Crippen LogP contribution in [-0.2, 0) is 17.9 Å². The number of aromatic nitrogens is 1. The second kappa shape index (κ2) is 9.97. The normalized spacial score (nSPS) is 14.9. The first-order chi connectivity index (χ1) is 16.9. The maximum Gasteiger partial charge on any atom is 0.266 e. The zero-order chi connectivity index (χ0) is 24.5. The van der Waals surface area contributed by atoms with Crippen LogP contribution >= 0.6 is 39.9 Å². The molecule has 4 aromatic rings. The molecule has 1 saturated heterocycles. The fourth-order valence-corrected chi connectivity index (χ4v) is 5.63. The molecule has 0 bridgehead atoms. The third-order valence-corrected chi connectivity index (χ3v) is 7.67. The quantitative estimate of drug-likeness (QED) is 0.186. The molecule has 35 heavy (non-hydrogen) atoms. The van der Waals surface area contributed by atoms with E-state index in [1.165, 1.54) is 23.9 Å². The molecule has 2 heterocycles. The third kappa shape index (κ3) is 5.05. The number of methoxy groups -OCH3 is 1. The molecule has 1 amide bonds. The van der Waals surface area contributed by atoms with Crippen molar-refractivity contribution in [2.45, 2.75) is 13.1 Å². The Kier molecular flexibility index (Phi) is 6.77. The molecule has 0 unspecified atom stereocenters. The number of nitrogens with zero attached hydrogens (tertiary/aromatic N) is 2. The van der Waals surface area contributed by atoms with Gasteiger partial charge in [0.1, 0.15) is 15.9 Å². The van der Waals surface area contributed by atoms with Gasteiger partial charge >= 0.3 is 0 Å². The molecule has 0 atom stereocenters. The SMILES string of the molecule is COc1ccc(CN2C(=O)/C(=C/c3cn(Cc4ccc(F)cc4)c4ccc(Br)cc34)SC2=S)cc1. The van der Waals surface area contributed by atoms with Gasteiger partial charge in [-0.05, 0) is 59.7 Å². The minimum atomic E-state index is -0.257. The standard InChI is InChI=1S/C27H20BrFN2O2S2/c1-33-22-9-4-18(5-10-22)15-31-26(32)25(35-27(31)34)12-19-16-30(14-17-2-7-21(29)8-3-17)24-11-6-20(28)13-23(19)24/h2-13,16H,14-15H2,1H3/b25-12-. The van der Waals surface area contributed by atoms with E-state index in [1.807, 2.05) is 54.7 Å². The molecule has 3 aromatic carbocycles. The highest BCUT2D eigenvalue weighted by Gasteiger charge is 2.32. The number of hydrogen-bond acceptors (Lipinski definition) is 4. The molecule has 4 nitrogen and oxygen atoms in total. The van der Waals surface area contributed by atoms with E-state index in [0.29, 0.717) is 22.3 Å². The zero-order valence-corrected chi connectivity index (χ0v) is 21.9. The number of fused-ring (bicyclic) bond motifs is 1. The molecule has 0 N–H and O–H groups in total. The van der Waals surface area contributed by atoms with Gasteiger partial charge in [0, 0.05) is 33.7 Å². The first-order valence-corrected chi connectivity index (χ1v) is 12.8. The van der Waals surface area contributed by atoms with Crippen molar-refractivity contribution in [1.82, 2.24) is 9.47 Å². The predicted molar refractivity (Wildman–Crippen MR) is 147 cm³/mol. The van der Waals surface area contributed by atoms with E-state index in [4.69, 9.17) is 17.0 Å². The lowest BCUT2D eigenvalue weighted by atomic mass is 10.1. The van der Waals surface area contributed by atoms with Crippen LogP contribution in [0.5, 0.6) is 5.75 Å². The lowest BCUT2D eigenvalue weighted by Gasteiger charge is -2.14. The summed E-state index contributed by atoms with van der Waals surface area (Å²) >= 11 is 10.4. The summed E-state index contributed by atoms with van der Waals surface area (Å²) in [5.41, 5.74) is 3.91. The lowest BCUT2D eigenvalue weighted by Crippen LogP contribution is -2.27. The van der Waals surface area contributed by atoms with Gasteiger partial charge in [0.05, 0.1) is 18.6 Å². The molecule has 1 aliphatic heterocycles. The van der Waals surface area contributed by atoms with Crippen LogP contribution in [0.25, 0.3) is 17.0 Å². The minimum Gasteiger partial charge on any atom is -0.497 e. The highest BCUT2D eigenvalue weighted by molar-refractivity contribution is 9.10. The first-order valence-electron chi connectivity index (χ1n) is 10.8. The predicted octanol–water partition coefficient (Wildman–Crippen LogP) is 7.00. The summed E-state index contributed by atoms with van der Waals surface area (Å²) in [7, 11) is 1.62. The molecule has 8 heteroatoms. The average molecular weight is 568 g/mol. The molecule has 176 valence electrons. The Morgan fingerprint density at radius 2 is 1.71 bits per heavy atom. The summed E-state index contributed by atoms with van der Waals surface area (Å²) in [6.45, 7) is 0.995. The number of benzene rings is 3. The third-order valence-electron chi connectivity index (χ3n) is 5.80. The van der Waals surface area contributed by atoms with Crippen LogP contribution < -0.4 is 4.74 Å². The molecule has 0 radical (unpaired) electrons. The van der Waals surface area contributed by atoms with E-state index in [9.17, 15) is 9.18 Å². The Morgan fingerprint density at radius 1 is 1.03 bits per heavy atom. The molecule has 5 rings (SSSR count). The summed E-state index contributed by atoms with van der Waals surface area (Å²) in [5.74, 6) is 0.403. The van der Waals surface area contributed by atoms with E-state index in [0.717, 1.165) is 37.8 Å². The number of ether oxygens (including phenoxy) is 1. The summed E-state index contributed by atoms with van der Waals surface area (Å²) < 4.78 is 22.2. The molecule has 1 aromatic heterocycles. The lowest BCUT2D eigenvalue weighted by molar-refractivity contribution is -0.122.